The van der Waals surface area contributed by atoms with Crippen LogP contribution in [0.2, 0.25) is 0 Å². The first-order valence-corrected chi connectivity index (χ1v) is 12.2. The Morgan fingerprint density at radius 1 is 1.21 bits per heavy atom. The molecule has 1 aromatic carbocycles. The molecule has 5 atom stereocenters. The number of aliphatic hydroxyl groups excluding tert-OH is 1. The summed E-state index contributed by atoms with van der Waals surface area (Å²) < 4.78 is 6.83. The van der Waals surface area contributed by atoms with Gasteiger partial charge in [-0.3, -0.25) is 9.59 Å². The number of carbonyl (C=O) groups excluding carboxylic acids is 1. The van der Waals surface area contributed by atoms with Gasteiger partial charge in [0.1, 0.15) is 17.1 Å². The van der Waals surface area contributed by atoms with Crippen LogP contribution in [0.1, 0.15) is 81.3 Å². The molecule has 1 amide bonds. The molecule has 1 spiro atoms. The number of ether oxygens (including phenoxy) is 1. The molecule has 33 heavy (non-hydrogen) atoms. The van der Waals surface area contributed by atoms with Crippen molar-refractivity contribution in [2.45, 2.75) is 84.5 Å². The Balaban J connectivity index is 1.52. The van der Waals surface area contributed by atoms with Gasteiger partial charge in [-0.05, 0) is 49.0 Å². The summed E-state index contributed by atoms with van der Waals surface area (Å²) in [4.78, 5) is 25.4. The quantitative estimate of drug-likeness (QED) is 0.638. The zero-order valence-electron chi connectivity index (χ0n) is 20.0. The van der Waals surface area contributed by atoms with E-state index < -0.39 is 11.6 Å². The van der Waals surface area contributed by atoms with E-state index >= 15 is 0 Å². The number of fused-ring (bicyclic) bond motifs is 4. The van der Waals surface area contributed by atoms with Gasteiger partial charge in [-0.15, -0.1) is 0 Å². The number of hydrogen-bond acceptors (Lipinski definition) is 5. The summed E-state index contributed by atoms with van der Waals surface area (Å²) in [5.74, 6) is 0.0634. The number of rotatable bonds is 3. The van der Waals surface area contributed by atoms with Gasteiger partial charge in [0.05, 0.1) is 24.6 Å². The molecule has 0 saturated heterocycles. The van der Waals surface area contributed by atoms with Crippen molar-refractivity contribution in [3.63, 3.8) is 0 Å². The Morgan fingerprint density at radius 2 is 1.94 bits per heavy atom. The lowest BCUT2D eigenvalue weighted by Crippen LogP contribution is -2.66. The number of amides is 1. The van der Waals surface area contributed by atoms with Crippen LogP contribution in [0.4, 0.5) is 0 Å². The topological polar surface area (TPSA) is 107 Å². The predicted molar refractivity (Wildman–Crippen MR) is 121 cm³/mol. The minimum atomic E-state index is -0.953. The normalized spacial score (nSPS) is 36.3. The van der Waals surface area contributed by atoms with Crippen molar-refractivity contribution >= 4 is 11.9 Å². The standard InChI is InChI=1S/C26H35NO6/c1-14-5-6-19-24(2,3)20(28)7-9-25(19,4)26(14)12-16-18(33-26)11-15-17(22(16)31)13-27(23(15)32)10-8-21(29)30/h11,14,19-20,28,31H,5-10,12-13H2,1-4H3,(H,29,30). The van der Waals surface area contributed by atoms with Crippen molar-refractivity contribution in [3.8, 4) is 11.5 Å². The van der Waals surface area contributed by atoms with E-state index in [2.05, 4.69) is 27.7 Å². The van der Waals surface area contributed by atoms with Gasteiger partial charge in [0, 0.05) is 29.5 Å². The Kier molecular flexibility index (Phi) is 4.85. The maximum absolute atomic E-state index is 12.9. The number of aromatic hydroxyl groups is 1. The third-order valence-corrected chi connectivity index (χ3v) is 9.78. The summed E-state index contributed by atoms with van der Waals surface area (Å²) in [5.41, 5.74) is 0.879. The minimum Gasteiger partial charge on any atom is -0.507 e. The van der Waals surface area contributed by atoms with Gasteiger partial charge in [0.2, 0.25) is 0 Å². The summed E-state index contributed by atoms with van der Waals surface area (Å²) in [6.45, 7) is 9.21. The maximum Gasteiger partial charge on any atom is 0.305 e. The fraction of sp³-hybridized carbons (Fsp3) is 0.692. The van der Waals surface area contributed by atoms with Crippen LogP contribution in [0.3, 0.4) is 0 Å². The van der Waals surface area contributed by atoms with Crippen molar-refractivity contribution in [1.82, 2.24) is 4.90 Å². The minimum absolute atomic E-state index is 0.117. The van der Waals surface area contributed by atoms with Crippen molar-refractivity contribution in [2.24, 2.45) is 22.7 Å². The largest absolute Gasteiger partial charge is 0.507 e. The van der Waals surface area contributed by atoms with Gasteiger partial charge in [0.15, 0.2) is 0 Å². The third-order valence-electron chi connectivity index (χ3n) is 9.78. The van der Waals surface area contributed by atoms with Crippen LogP contribution in [0.25, 0.3) is 0 Å². The number of nitrogens with zero attached hydrogens (tertiary/aromatic N) is 1. The van der Waals surface area contributed by atoms with Crippen molar-refractivity contribution in [2.75, 3.05) is 6.54 Å². The van der Waals surface area contributed by atoms with E-state index in [1.165, 1.54) is 4.90 Å². The number of benzene rings is 1. The fourth-order valence-corrected chi connectivity index (χ4v) is 7.72. The van der Waals surface area contributed by atoms with E-state index in [9.17, 15) is 19.8 Å². The lowest BCUT2D eigenvalue weighted by atomic mass is 9.43. The molecule has 2 heterocycles. The summed E-state index contributed by atoms with van der Waals surface area (Å²) in [7, 11) is 0. The van der Waals surface area contributed by atoms with Crippen LogP contribution in [0.15, 0.2) is 6.07 Å². The molecule has 7 heteroatoms. The summed E-state index contributed by atoms with van der Waals surface area (Å²) in [5, 5.41) is 31.0. The summed E-state index contributed by atoms with van der Waals surface area (Å²) in [6, 6.07) is 1.77. The number of carboxylic acid groups (broad SMARTS) is 1. The van der Waals surface area contributed by atoms with Crippen LogP contribution < -0.4 is 4.74 Å². The number of hydrogen-bond donors (Lipinski definition) is 3. The number of aliphatic hydroxyl groups is 1. The van der Waals surface area contributed by atoms with Crippen LogP contribution in [0, 0.1) is 22.7 Å². The van der Waals surface area contributed by atoms with Gasteiger partial charge in [-0.25, -0.2) is 0 Å². The van der Waals surface area contributed by atoms with Crippen LogP contribution >= 0.6 is 0 Å². The molecule has 180 valence electrons. The molecule has 0 radical (unpaired) electrons. The molecule has 5 unspecified atom stereocenters. The number of carbonyl (C=O) groups is 2. The van der Waals surface area contributed by atoms with Crippen molar-refractivity contribution in [3.05, 3.63) is 22.8 Å². The molecule has 0 aromatic heterocycles. The Labute approximate surface area is 194 Å². The molecule has 2 aliphatic heterocycles. The second-order valence-electron chi connectivity index (χ2n) is 11.6. The zero-order valence-corrected chi connectivity index (χ0v) is 20.0. The maximum atomic E-state index is 12.9. The van der Waals surface area contributed by atoms with E-state index in [0.29, 0.717) is 29.2 Å². The highest BCUT2D eigenvalue weighted by atomic mass is 16.5. The molecular weight excluding hydrogens is 422 g/mol. The highest BCUT2D eigenvalue weighted by Gasteiger charge is 2.67. The van der Waals surface area contributed by atoms with E-state index in [-0.39, 0.29) is 54.0 Å². The first kappa shape index (κ1) is 22.5. The molecule has 7 nitrogen and oxygen atoms in total. The van der Waals surface area contributed by atoms with Crippen LogP contribution in [-0.2, 0) is 17.8 Å². The van der Waals surface area contributed by atoms with Gasteiger partial charge in [0.25, 0.3) is 5.91 Å². The average molecular weight is 458 g/mol. The molecule has 2 fully saturated rings. The number of phenolic OH excluding ortho intramolecular Hbond substituents is 1. The molecule has 0 bridgehead atoms. The van der Waals surface area contributed by atoms with E-state index in [1.807, 2.05) is 0 Å². The first-order chi connectivity index (χ1) is 15.4. The van der Waals surface area contributed by atoms with Gasteiger partial charge in [-0.1, -0.05) is 27.7 Å². The molecule has 3 N–H and O–H groups in total. The lowest BCUT2D eigenvalue weighted by Gasteiger charge is -2.64. The third kappa shape index (κ3) is 2.90. The second-order valence-corrected chi connectivity index (χ2v) is 11.6. The highest BCUT2D eigenvalue weighted by molar-refractivity contribution is 6.00. The van der Waals surface area contributed by atoms with Gasteiger partial charge >= 0.3 is 5.97 Å². The molecule has 4 aliphatic rings. The zero-order chi connectivity index (χ0) is 23.9. The van der Waals surface area contributed by atoms with E-state index in [0.717, 1.165) is 31.2 Å². The van der Waals surface area contributed by atoms with Crippen molar-refractivity contribution in [1.29, 1.82) is 0 Å². The second kappa shape index (κ2) is 7.11. The molecular formula is C26H35NO6. The number of aliphatic carboxylic acids is 1. The first-order valence-electron chi connectivity index (χ1n) is 12.2. The van der Waals surface area contributed by atoms with Crippen LogP contribution in [-0.4, -0.2) is 50.3 Å². The van der Waals surface area contributed by atoms with Gasteiger partial charge in [-0.2, -0.15) is 0 Å². The Hall–Kier alpha value is -2.28. The van der Waals surface area contributed by atoms with Crippen LogP contribution in [0.5, 0.6) is 11.5 Å². The monoisotopic (exact) mass is 457 g/mol. The predicted octanol–water partition coefficient (Wildman–Crippen LogP) is 3.73. The molecule has 5 rings (SSSR count). The van der Waals surface area contributed by atoms with Gasteiger partial charge < -0.3 is 25.0 Å². The average Bonchev–Trinajstić information content (AvgIpc) is 3.29. The Bertz CT molecular complexity index is 1030. The molecule has 2 saturated carbocycles. The van der Waals surface area contributed by atoms with E-state index in [1.54, 1.807) is 6.07 Å². The SMILES string of the molecule is CC1CCC2C(C)(C)C(O)CCC2(C)C12Cc1c(cc3c(c1O)CN(CCC(=O)O)C3=O)O2. The van der Waals surface area contributed by atoms with Crippen molar-refractivity contribution < 1.29 is 29.6 Å². The lowest BCUT2D eigenvalue weighted by molar-refractivity contribution is -0.210. The summed E-state index contributed by atoms with van der Waals surface area (Å²) in [6.07, 6.45) is 3.76. The molecule has 2 aliphatic carbocycles. The smallest absolute Gasteiger partial charge is 0.305 e. The number of carboxylic acids is 1. The fourth-order valence-electron chi connectivity index (χ4n) is 7.72. The number of phenols is 1. The van der Waals surface area contributed by atoms with E-state index in [4.69, 9.17) is 9.84 Å². The Morgan fingerprint density at radius 3 is 2.64 bits per heavy atom. The molecule has 1 aromatic rings. The highest BCUT2D eigenvalue weighted by Crippen LogP contribution is 2.66. The summed E-state index contributed by atoms with van der Waals surface area (Å²) >= 11 is 0.